The second-order valence-electron chi connectivity index (χ2n) is 3.67. The number of amides is 1. The maximum absolute atomic E-state index is 11.5. The number of hydrogen-bond donors (Lipinski definition) is 0. The maximum Gasteiger partial charge on any atom is 0.225 e. The Morgan fingerprint density at radius 3 is 2.73 bits per heavy atom. The van der Waals surface area contributed by atoms with Crippen LogP contribution in [-0.2, 0) is 4.79 Å². The minimum absolute atomic E-state index is 0.225. The molecule has 0 radical (unpaired) electrons. The Bertz CT molecular complexity index is 156. The first-order valence-electron chi connectivity index (χ1n) is 4.38. The zero-order valence-electron chi connectivity index (χ0n) is 7.63. The van der Waals surface area contributed by atoms with Gasteiger partial charge in [0, 0.05) is 19.5 Å². The Morgan fingerprint density at radius 2 is 2.09 bits per heavy atom. The predicted molar refractivity (Wildman–Crippen MR) is 45.2 cm³/mol. The molecule has 1 heterocycles. The summed E-state index contributed by atoms with van der Waals surface area (Å²) in [7, 11) is 1.90. The molecule has 0 spiro atoms. The average Bonchev–Trinajstić information content (AvgIpc) is 2.07. The summed E-state index contributed by atoms with van der Waals surface area (Å²) in [5, 5.41) is 0. The van der Waals surface area contributed by atoms with E-state index in [2.05, 4.69) is 6.92 Å². The largest absolute Gasteiger partial charge is 0.346 e. The van der Waals surface area contributed by atoms with Crippen LogP contribution in [0.25, 0.3) is 0 Å². The molecule has 11 heavy (non-hydrogen) atoms. The van der Waals surface area contributed by atoms with E-state index in [9.17, 15) is 4.79 Å². The predicted octanol–water partition coefficient (Wildman–Crippen LogP) is 1.51. The van der Waals surface area contributed by atoms with Crippen molar-refractivity contribution in [2.75, 3.05) is 13.6 Å². The lowest BCUT2D eigenvalue weighted by Crippen LogP contribution is -2.31. The average molecular weight is 155 g/mol. The van der Waals surface area contributed by atoms with E-state index in [1.165, 1.54) is 6.42 Å². The molecule has 2 nitrogen and oxygen atoms in total. The number of carbonyl (C=O) groups excluding carboxylic acids is 1. The van der Waals surface area contributed by atoms with Crippen molar-refractivity contribution in [3.05, 3.63) is 0 Å². The molecule has 0 unspecified atom stereocenters. The smallest absolute Gasteiger partial charge is 0.225 e. The second-order valence-corrected chi connectivity index (χ2v) is 3.67. The van der Waals surface area contributed by atoms with Crippen LogP contribution in [0.5, 0.6) is 0 Å². The molecule has 2 atom stereocenters. The molecule has 1 aliphatic heterocycles. The van der Waals surface area contributed by atoms with Crippen LogP contribution in [0, 0.1) is 11.8 Å². The molecule has 0 aromatic carbocycles. The molecule has 1 fully saturated rings. The van der Waals surface area contributed by atoms with Crippen LogP contribution in [-0.4, -0.2) is 24.4 Å². The van der Waals surface area contributed by atoms with Crippen LogP contribution in [0.15, 0.2) is 0 Å². The van der Waals surface area contributed by atoms with Crippen molar-refractivity contribution in [1.29, 1.82) is 0 Å². The summed E-state index contributed by atoms with van der Waals surface area (Å²) in [6.07, 6.45) is 2.35. The number of carbonyl (C=O) groups is 1. The summed E-state index contributed by atoms with van der Waals surface area (Å²) >= 11 is 0. The molecule has 0 aromatic heterocycles. The number of likely N-dealkylation sites (tertiary alicyclic amines) is 1. The minimum atomic E-state index is 0.225. The summed E-state index contributed by atoms with van der Waals surface area (Å²) in [5.74, 6) is 1.10. The fraction of sp³-hybridized carbons (Fsp3) is 0.889. The Balaban J connectivity index is 2.66. The molecule has 1 amide bonds. The first-order valence-corrected chi connectivity index (χ1v) is 4.38. The van der Waals surface area contributed by atoms with E-state index >= 15 is 0 Å². The number of nitrogens with zero attached hydrogens (tertiary/aromatic N) is 1. The molecule has 1 aliphatic rings. The van der Waals surface area contributed by atoms with Gasteiger partial charge in [-0.25, -0.2) is 0 Å². The normalized spacial score (nSPS) is 33.7. The van der Waals surface area contributed by atoms with Crippen LogP contribution in [0.1, 0.15) is 26.7 Å². The van der Waals surface area contributed by atoms with Gasteiger partial charge < -0.3 is 4.90 Å². The maximum atomic E-state index is 11.5. The molecule has 2 heteroatoms. The molecule has 1 rings (SSSR count). The van der Waals surface area contributed by atoms with Gasteiger partial charge in [0.25, 0.3) is 0 Å². The molecule has 0 aliphatic carbocycles. The quantitative estimate of drug-likeness (QED) is 0.519. The van der Waals surface area contributed by atoms with Crippen molar-refractivity contribution in [3.8, 4) is 0 Å². The van der Waals surface area contributed by atoms with Crippen molar-refractivity contribution in [2.45, 2.75) is 26.7 Å². The summed E-state index contributed by atoms with van der Waals surface area (Å²) in [5.41, 5.74) is 0. The molecule has 64 valence electrons. The first-order chi connectivity index (χ1) is 5.13. The highest BCUT2D eigenvalue weighted by Gasteiger charge is 2.25. The zero-order valence-corrected chi connectivity index (χ0v) is 7.63. The third kappa shape index (κ3) is 1.73. The van der Waals surface area contributed by atoms with E-state index in [0.717, 1.165) is 13.0 Å². The highest BCUT2D eigenvalue weighted by atomic mass is 16.2. The van der Waals surface area contributed by atoms with Gasteiger partial charge in [0.2, 0.25) is 5.91 Å². The van der Waals surface area contributed by atoms with E-state index in [0.29, 0.717) is 11.8 Å². The van der Waals surface area contributed by atoms with E-state index in [-0.39, 0.29) is 5.92 Å². The molecule has 0 aromatic rings. The van der Waals surface area contributed by atoms with Crippen LogP contribution < -0.4 is 0 Å². The van der Waals surface area contributed by atoms with Gasteiger partial charge in [-0.05, 0) is 18.8 Å². The van der Waals surface area contributed by atoms with Crippen LogP contribution in [0.3, 0.4) is 0 Å². The highest BCUT2D eigenvalue weighted by Crippen LogP contribution is 2.22. The molecule has 0 saturated carbocycles. The monoisotopic (exact) mass is 155 g/mol. The first kappa shape index (κ1) is 8.57. The summed E-state index contributed by atoms with van der Waals surface area (Å²) in [6, 6.07) is 0. The van der Waals surface area contributed by atoms with Crippen LogP contribution in [0.2, 0.25) is 0 Å². The highest BCUT2D eigenvalue weighted by molar-refractivity contribution is 5.78. The van der Waals surface area contributed by atoms with Crippen molar-refractivity contribution in [1.82, 2.24) is 4.90 Å². The Labute approximate surface area is 68.6 Å². The number of rotatable bonds is 0. The van der Waals surface area contributed by atoms with Gasteiger partial charge in [0.1, 0.15) is 0 Å². The van der Waals surface area contributed by atoms with Gasteiger partial charge in [-0.1, -0.05) is 13.8 Å². The summed E-state index contributed by atoms with van der Waals surface area (Å²) < 4.78 is 0. The van der Waals surface area contributed by atoms with Gasteiger partial charge in [0.05, 0.1) is 0 Å². The third-order valence-corrected chi connectivity index (χ3v) is 2.77. The SMILES string of the molecule is C[C@@H]1CCCN(C)C(=O)[C@H]1C. The number of hydrogen-bond acceptors (Lipinski definition) is 1. The minimum Gasteiger partial charge on any atom is -0.346 e. The molecule has 1 saturated heterocycles. The Hall–Kier alpha value is -0.530. The molecular weight excluding hydrogens is 138 g/mol. The standard InChI is InChI=1S/C9H17NO/c1-7-5-4-6-10(3)9(11)8(7)2/h7-8H,4-6H2,1-3H3/t7-,8+/m1/s1. The lowest BCUT2D eigenvalue weighted by atomic mass is 9.92. The lowest BCUT2D eigenvalue weighted by molar-refractivity contribution is -0.134. The molecule has 0 N–H and O–H groups in total. The molecular formula is C9H17NO. The van der Waals surface area contributed by atoms with Gasteiger partial charge in [-0.3, -0.25) is 4.79 Å². The van der Waals surface area contributed by atoms with Gasteiger partial charge >= 0.3 is 0 Å². The fourth-order valence-corrected chi connectivity index (χ4v) is 1.60. The lowest BCUT2D eigenvalue weighted by Gasteiger charge is -2.19. The van der Waals surface area contributed by atoms with E-state index < -0.39 is 0 Å². The van der Waals surface area contributed by atoms with Crippen molar-refractivity contribution in [3.63, 3.8) is 0 Å². The van der Waals surface area contributed by atoms with E-state index in [4.69, 9.17) is 0 Å². The van der Waals surface area contributed by atoms with Crippen molar-refractivity contribution >= 4 is 5.91 Å². The van der Waals surface area contributed by atoms with Gasteiger partial charge in [-0.2, -0.15) is 0 Å². The molecule has 0 bridgehead atoms. The topological polar surface area (TPSA) is 20.3 Å². The Kier molecular flexibility index (Phi) is 2.53. The van der Waals surface area contributed by atoms with Gasteiger partial charge in [0.15, 0.2) is 0 Å². The van der Waals surface area contributed by atoms with Crippen molar-refractivity contribution < 1.29 is 4.79 Å². The summed E-state index contributed by atoms with van der Waals surface area (Å²) in [4.78, 5) is 13.3. The summed E-state index contributed by atoms with van der Waals surface area (Å²) in [6.45, 7) is 5.14. The van der Waals surface area contributed by atoms with Crippen LogP contribution in [0.4, 0.5) is 0 Å². The third-order valence-electron chi connectivity index (χ3n) is 2.77. The van der Waals surface area contributed by atoms with E-state index in [1.54, 1.807) is 0 Å². The fourth-order valence-electron chi connectivity index (χ4n) is 1.60. The Morgan fingerprint density at radius 1 is 1.45 bits per heavy atom. The second kappa shape index (κ2) is 3.24. The van der Waals surface area contributed by atoms with Gasteiger partial charge in [-0.15, -0.1) is 0 Å². The van der Waals surface area contributed by atoms with Crippen LogP contribution >= 0.6 is 0 Å². The van der Waals surface area contributed by atoms with Crippen molar-refractivity contribution in [2.24, 2.45) is 11.8 Å². The van der Waals surface area contributed by atoms with E-state index in [1.807, 2.05) is 18.9 Å². The zero-order chi connectivity index (χ0) is 8.43.